The quantitative estimate of drug-likeness (QED) is 0.846. The molecule has 0 bridgehead atoms. The van der Waals surface area contributed by atoms with Gasteiger partial charge in [-0.15, -0.1) is 0 Å². The van der Waals surface area contributed by atoms with Gasteiger partial charge in [0.2, 0.25) is 11.8 Å². The Morgan fingerprint density at radius 2 is 1.76 bits per heavy atom. The molecule has 1 N–H and O–H groups in total. The third-order valence-corrected chi connectivity index (χ3v) is 4.88. The number of carbonyl (C=O) groups is 2. The van der Waals surface area contributed by atoms with Crippen molar-refractivity contribution in [1.29, 1.82) is 0 Å². The summed E-state index contributed by atoms with van der Waals surface area (Å²) < 4.78 is 0. The monoisotopic (exact) mass is 346 g/mol. The van der Waals surface area contributed by atoms with Gasteiger partial charge in [0, 0.05) is 31.9 Å². The van der Waals surface area contributed by atoms with Crippen LogP contribution in [-0.2, 0) is 9.59 Å². The number of benzene rings is 1. The van der Waals surface area contributed by atoms with Crippen LogP contribution in [0.5, 0.6) is 0 Å². The van der Waals surface area contributed by atoms with Crippen LogP contribution in [0.2, 0.25) is 0 Å². The van der Waals surface area contributed by atoms with Crippen molar-refractivity contribution < 1.29 is 9.59 Å². The van der Waals surface area contributed by atoms with E-state index in [2.05, 4.69) is 17.1 Å². The van der Waals surface area contributed by atoms with E-state index in [1.807, 2.05) is 50.1 Å². The Morgan fingerprint density at radius 1 is 1.16 bits per heavy atom. The zero-order valence-electron chi connectivity index (χ0n) is 15.8. The lowest BCUT2D eigenvalue weighted by atomic mass is 10.2. The largest absolute Gasteiger partial charge is 0.339 e. The Hall–Kier alpha value is -1.92. The summed E-state index contributed by atoms with van der Waals surface area (Å²) in [5.74, 6) is -0.0109. The Balaban J connectivity index is 1.82. The number of nitrogens with one attached hydrogen (secondary N) is 1. The summed E-state index contributed by atoms with van der Waals surface area (Å²) >= 11 is 0. The zero-order chi connectivity index (χ0) is 18.4. The Kier molecular flexibility index (Phi) is 6.96. The summed E-state index contributed by atoms with van der Waals surface area (Å²) in [7, 11) is 1.82. The molecule has 0 aromatic heterocycles. The maximum atomic E-state index is 12.6. The van der Waals surface area contributed by atoms with Gasteiger partial charge in [-0.25, -0.2) is 0 Å². The molecule has 1 aromatic rings. The second-order valence-electron chi connectivity index (χ2n) is 6.76. The highest BCUT2D eigenvalue weighted by Gasteiger charge is 2.27. The molecule has 0 saturated carbocycles. The molecule has 0 spiro atoms. The number of rotatable bonds is 6. The van der Waals surface area contributed by atoms with Crippen molar-refractivity contribution in [3.8, 4) is 0 Å². The van der Waals surface area contributed by atoms with Gasteiger partial charge in [-0.3, -0.25) is 14.5 Å². The van der Waals surface area contributed by atoms with Gasteiger partial charge in [0.05, 0.1) is 12.6 Å². The molecule has 1 aliphatic rings. The highest BCUT2D eigenvalue weighted by atomic mass is 16.2. The molecule has 1 aliphatic heterocycles. The van der Waals surface area contributed by atoms with Crippen molar-refractivity contribution in [1.82, 2.24) is 14.7 Å². The van der Waals surface area contributed by atoms with Crippen LogP contribution in [0.3, 0.4) is 0 Å². The molecule has 2 rings (SSSR count). The minimum Gasteiger partial charge on any atom is -0.339 e. The van der Waals surface area contributed by atoms with Gasteiger partial charge in [-0.05, 0) is 39.6 Å². The Labute approximate surface area is 150 Å². The second kappa shape index (κ2) is 8.97. The molecule has 138 valence electrons. The third kappa shape index (κ3) is 5.54. The molecule has 6 heteroatoms. The summed E-state index contributed by atoms with van der Waals surface area (Å²) in [5, 5.41) is 2.87. The minimum atomic E-state index is -0.308. The number of carbonyl (C=O) groups excluding carboxylic acids is 2. The van der Waals surface area contributed by atoms with E-state index < -0.39 is 0 Å². The van der Waals surface area contributed by atoms with Crippen molar-refractivity contribution in [3.63, 3.8) is 0 Å². The molecule has 1 fully saturated rings. The van der Waals surface area contributed by atoms with Crippen LogP contribution >= 0.6 is 0 Å². The molecule has 0 radical (unpaired) electrons. The smallest absolute Gasteiger partial charge is 0.239 e. The molecule has 0 unspecified atom stereocenters. The highest BCUT2D eigenvalue weighted by Crippen LogP contribution is 2.10. The molecular formula is C19H30N4O2. The van der Waals surface area contributed by atoms with Crippen molar-refractivity contribution in [2.24, 2.45) is 0 Å². The lowest BCUT2D eigenvalue weighted by Crippen LogP contribution is -2.54. The van der Waals surface area contributed by atoms with Gasteiger partial charge in [0.15, 0.2) is 0 Å². The summed E-state index contributed by atoms with van der Waals surface area (Å²) in [6.45, 7) is 10.6. The van der Waals surface area contributed by atoms with Crippen LogP contribution < -0.4 is 5.32 Å². The van der Waals surface area contributed by atoms with E-state index in [1.54, 1.807) is 4.90 Å². The first-order valence-corrected chi connectivity index (χ1v) is 8.98. The van der Waals surface area contributed by atoms with Gasteiger partial charge in [-0.2, -0.15) is 0 Å². The van der Waals surface area contributed by atoms with Crippen LogP contribution in [0, 0.1) is 6.92 Å². The Morgan fingerprint density at radius 3 is 2.32 bits per heavy atom. The fraction of sp³-hybridized carbons (Fsp3) is 0.579. The normalized spacial score (nSPS) is 16.8. The van der Waals surface area contributed by atoms with E-state index in [0.29, 0.717) is 0 Å². The first-order valence-electron chi connectivity index (χ1n) is 8.98. The maximum Gasteiger partial charge on any atom is 0.239 e. The van der Waals surface area contributed by atoms with Gasteiger partial charge >= 0.3 is 0 Å². The van der Waals surface area contributed by atoms with Gasteiger partial charge in [0.1, 0.15) is 0 Å². The lowest BCUT2D eigenvalue weighted by molar-refractivity contribution is -0.138. The number of aryl methyl sites for hydroxylation is 1. The lowest BCUT2D eigenvalue weighted by Gasteiger charge is -2.36. The van der Waals surface area contributed by atoms with E-state index in [-0.39, 0.29) is 24.4 Å². The Bertz CT molecular complexity index is 580. The van der Waals surface area contributed by atoms with E-state index in [9.17, 15) is 9.59 Å². The first kappa shape index (κ1) is 19.4. The molecule has 1 heterocycles. The minimum absolute atomic E-state index is 0.0985. The molecule has 1 saturated heterocycles. The highest BCUT2D eigenvalue weighted by molar-refractivity contribution is 5.92. The van der Waals surface area contributed by atoms with Gasteiger partial charge < -0.3 is 15.1 Å². The maximum absolute atomic E-state index is 12.6. The summed E-state index contributed by atoms with van der Waals surface area (Å²) in [5.41, 5.74) is 1.93. The fourth-order valence-corrected chi connectivity index (χ4v) is 2.94. The standard InChI is InChI=1S/C19H30N4O2/c1-5-22-10-12-23(13-11-22)19(25)16(3)21(4)14-18(24)20-17-8-6-15(2)7-9-17/h6-9,16H,5,10-14H2,1-4H3,(H,20,24)/t16-/m0/s1. The summed E-state index contributed by atoms with van der Waals surface area (Å²) in [6, 6.07) is 7.38. The zero-order valence-corrected chi connectivity index (χ0v) is 15.8. The van der Waals surface area contributed by atoms with E-state index in [0.717, 1.165) is 44.0 Å². The molecule has 1 aromatic carbocycles. The average molecular weight is 346 g/mol. The van der Waals surface area contributed by atoms with Gasteiger partial charge in [0.25, 0.3) is 0 Å². The number of hydrogen-bond donors (Lipinski definition) is 1. The van der Waals surface area contributed by atoms with E-state index >= 15 is 0 Å². The molecule has 25 heavy (non-hydrogen) atoms. The topological polar surface area (TPSA) is 55.9 Å². The van der Waals surface area contributed by atoms with Crippen LogP contribution in [0.25, 0.3) is 0 Å². The molecular weight excluding hydrogens is 316 g/mol. The number of amides is 2. The molecule has 0 aliphatic carbocycles. The number of anilines is 1. The fourth-order valence-electron chi connectivity index (χ4n) is 2.94. The van der Waals surface area contributed by atoms with E-state index in [1.165, 1.54) is 0 Å². The number of nitrogens with zero attached hydrogens (tertiary/aromatic N) is 3. The van der Waals surface area contributed by atoms with Crippen molar-refractivity contribution >= 4 is 17.5 Å². The number of piperazine rings is 1. The van der Waals surface area contributed by atoms with Crippen molar-refractivity contribution in [2.45, 2.75) is 26.8 Å². The second-order valence-corrected chi connectivity index (χ2v) is 6.76. The van der Waals surface area contributed by atoms with Crippen molar-refractivity contribution in [3.05, 3.63) is 29.8 Å². The SMILES string of the molecule is CCN1CCN(C(=O)[C@H](C)N(C)CC(=O)Nc2ccc(C)cc2)CC1. The first-order chi connectivity index (χ1) is 11.9. The molecule has 1 atom stereocenters. The summed E-state index contributed by atoms with van der Waals surface area (Å²) in [4.78, 5) is 30.9. The van der Waals surface area contributed by atoms with Gasteiger partial charge in [-0.1, -0.05) is 24.6 Å². The number of hydrogen-bond acceptors (Lipinski definition) is 4. The van der Waals surface area contributed by atoms with Crippen molar-refractivity contribution in [2.75, 3.05) is 51.6 Å². The average Bonchev–Trinajstić information content (AvgIpc) is 2.62. The molecule has 2 amide bonds. The summed E-state index contributed by atoms with van der Waals surface area (Å²) in [6.07, 6.45) is 0. The van der Waals surface area contributed by atoms with E-state index in [4.69, 9.17) is 0 Å². The third-order valence-electron chi connectivity index (χ3n) is 4.88. The van der Waals surface area contributed by atoms with Crippen LogP contribution in [0.4, 0.5) is 5.69 Å². The number of likely N-dealkylation sites (N-methyl/N-ethyl adjacent to an activating group) is 2. The predicted molar refractivity (Wildman–Crippen MR) is 101 cm³/mol. The molecule has 6 nitrogen and oxygen atoms in total. The van der Waals surface area contributed by atoms with Crippen LogP contribution in [0.1, 0.15) is 19.4 Å². The van der Waals surface area contributed by atoms with Crippen LogP contribution in [-0.4, -0.2) is 78.9 Å². The predicted octanol–water partition coefficient (Wildman–Crippen LogP) is 1.42. The van der Waals surface area contributed by atoms with Crippen LogP contribution in [0.15, 0.2) is 24.3 Å².